The monoisotopic (exact) mass is 351 g/mol. The Kier molecular flexibility index (Phi) is 4.39. The first-order valence-electron chi connectivity index (χ1n) is 9.57. The molecule has 0 unspecified atom stereocenters. The van der Waals surface area contributed by atoms with Gasteiger partial charge in [0.25, 0.3) is 5.91 Å². The van der Waals surface area contributed by atoms with Crippen molar-refractivity contribution < 1.29 is 9.59 Å². The lowest BCUT2D eigenvalue weighted by molar-refractivity contribution is -0.144. The Hall–Kier alpha value is -2.43. The molecule has 5 nitrogen and oxygen atoms in total. The van der Waals surface area contributed by atoms with Crippen LogP contribution in [0.2, 0.25) is 0 Å². The standard InChI is InChI=1S/C21H25N3O2/c1-2-24-19(25)9-5-10-21(24)11-6-12-23(15-21)20(26)17-13-16-7-3-4-8-18(16)22-14-17/h3-4,7-8,13-14H,2,5-6,9-12,15H2,1H3/t21-/m1/s1. The van der Waals surface area contributed by atoms with Crippen LogP contribution in [0.3, 0.4) is 0 Å². The smallest absolute Gasteiger partial charge is 0.255 e. The number of pyridine rings is 1. The maximum Gasteiger partial charge on any atom is 0.255 e. The normalized spacial score (nSPS) is 23.7. The number of piperidine rings is 2. The van der Waals surface area contributed by atoms with Gasteiger partial charge in [-0.1, -0.05) is 18.2 Å². The summed E-state index contributed by atoms with van der Waals surface area (Å²) in [5.74, 6) is 0.261. The van der Waals surface area contributed by atoms with Crippen LogP contribution in [-0.2, 0) is 4.79 Å². The Morgan fingerprint density at radius 1 is 1.23 bits per heavy atom. The molecule has 4 rings (SSSR count). The van der Waals surface area contributed by atoms with Gasteiger partial charge in [-0.3, -0.25) is 14.6 Å². The van der Waals surface area contributed by atoms with Crippen LogP contribution in [0.1, 0.15) is 49.4 Å². The number of benzene rings is 1. The van der Waals surface area contributed by atoms with Gasteiger partial charge in [-0.05, 0) is 44.7 Å². The van der Waals surface area contributed by atoms with E-state index in [0.717, 1.165) is 49.7 Å². The molecule has 5 heteroatoms. The first-order valence-corrected chi connectivity index (χ1v) is 9.57. The third-order valence-corrected chi connectivity index (χ3v) is 5.90. The minimum atomic E-state index is -0.178. The summed E-state index contributed by atoms with van der Waals surface area (Å²) < 4.78 is 0. The molecule has 2 fully saturated rings. The van der Waals surface area contributed by atoms with Crippen molar-refractivity contribution in [2.24, 2.45) is 0 Å². The second-order valence-electron chi connectivity index (χ2n) is 7.46. The van der Waals surface area contributed by atoms with Crippen LogP contribution < -0.4 is 0 Å². The number of likely N-dealkylation sites (tertiary alicyclic amines) is 2. The highest BCUT2D eigenvalue weighted by Crippen LogP contribution is 2.37. The van der Waals surface area contributed by atoms with Crippen LogP contribution in [0.5, 0.6) is 0 Å². The molecule has 26 heavy (non-hydrogen) atoms. The van der Waals surface area contributed by atoms with Crippen molar-refractivity contribution in [3.05, 3.63) is 42.1 Å². The zero-order chi connectivity index (χ0) is 18.1. The molecule has 2 aromatic rings. The van der Waals surface area contributed by atoms with Crippen molar-refractivity contribution in [1.82, 2.24) is 14.8 Å². The van der Waals surface area contributed by atoms with Gasteiger partial charge in [-0.25, -0.2) is 0 Å². The molecule has 136 valence electrons. The van der Waals surface area contributed by atoms with E-state index in [1.165, 1.54) is 0 Å². The molecule has 1 aromatic carbocycles. The predicted molar refractivity (Wildman–Crippen MR) is 101 cm³/mol. The Labute approximate surface area is 154 Å². The molecular weight excluding hydrogens is 326 g/mol. The van der Waals surface area contributed by atoms with Gasteiger partial charge in [0.05, 0.1) is 16.6 Å². The third kappa shape index (κ3) is 2.85. The number of hydrogen-bond acceptors (Lipinski definition) is 3. The van der Waals surface area contributed by atoms with E-state index in [9.17, 15) is 9.59 Å². The van der Waals surface area contributed by atoms with Crippen LogP contribution in [-0.4, -0.2) is 51.8 Å². The third-order valence-electron chi connectivity index (χ3n) is 5.90. The van der Waals surface area contributed by atoms with E-state index in [4.69, 9.17) is 0 Å². The summed E-state index contributed by atoms with van der Waals surface area (Å²) in [5.41, 5.74) is 1.35. The van der Waals surface area contributed by atoms with Crippen LogP contribution >= 0.6 is 0 Å². The molecule has 1 aromatic heterocycles. The SMILES string of the molecule is CCN1C(=O)CCC[C@]12CCCN(C(=O)c1cnc3ccccc3c1)C2. The Morgan fingerprint density at radius 3 is 2.88 bits per heavy atom. The fraction of sp³-hybridized carbons (Fsp3) is 0.476. The highest BCUT2D eigenvalue weighted by molar-refractivity contribution is 5.97. The highest BCUT2D eigenvalue weighted by atomic mass is 16.2. The summed E-state index contributed by atoms with van der Waals surface area (Å²) in [6.45, 7) is 4.15. The van der Waals surface area contributed by atoms with Crippen LogP contribution in [0.25, 0.3) is 10.9 Å². The average molecular weight is 351 g/mol. The fourth-order valence-electron chi connectivity index (χ4n) is 4.70. The first-order chi connectivity index (χ1) is 12.6. The minimum absolute atomic E-state index is 0.0244. The number of carbonyl (C=O) groups is 2. The van der Waals surface area contributed by atoms with Gasteiger partial charge in [0.2, 0.25) is 5.91 Å². The van der Waals surface area contributed by atoms with Crippen molar-refractivity contribution in [2.75, 3.05) is 19.6 Å². The molecule has 2 aliphatic heterocycles. The number of carbonyl (C=O) groups excluding carboxylic acids is 2. The number of para-hydroxylation sites is 1. The van der Waals surface area contributed by atoms with Crippen LogP contribution in [0.15, 0.2) is 36.5 Å². The van der Waals surface area contributed by atoms with Crippen molar-refractivity contribution in [3.63, 3.8) is 0 Å². The largest absolute Gasteiger partial charge is 0.336 e. The van der Waals surface area contributed by atoms with Gasteiger partial charge >= 0.3 is 0 Å². The molecular formula is C21H25N3O2. The van der Waals surface area contributed by atoms with Gasteiger partial charge in [-0.2, -0.15) is 0 Å². The van der Waals surface area contributed by atoms with Gasteiger partial charge < -0.3 is 9.80 Å². The summed E-state index contributed by atoms with van der Waals surface area (Å²) in [6, 6.07) is 9.77. The molecule has 1 spiro atoms. The molecule has 1 atom stereocenters. The van der Waals surface area contributed by atoms with E-state index in [2.05, 4.69) is 4.98 Å². The fourth-order valence-corrected chi connectivity index (χ4v) is 4.70. The number of aromatic nitrogens is 1. The predicted octanol–water partition coefficient (Wildman–Crippen LogP) is 3.24. The van der Waals surface area contributed by atoms with E-state index >= 15 is 0 Å². The molecule has 0 radical (unpaired) electrons. The Balaban J connectivity index is 1.60. The molecule has 2 amide bonds. The van der Waals surface area contributed by atoms with Crippen LogP contribution in [0, 0.1) is 0 Å². The Morgan fingerprint density at radius 2 is 2.04 bits per heavy atom. The quantitative estimate of drug-likeness (QED) is 0.835. The van der Waals surface area contributed by atoms with Crippen molar-refractivity contribution >= 4 is 22.7 Å². The first kappa shape index (κ1) is 17.0. The molecule has 0 N–H and O–H groups in total. The summed E-state index contributed by atoms with van der Waals surface area (Å²) in [4.78, 5) is 33.9. The zero-order valence-corrected chi connectivity index (χ0v) is 15.3. The number of hydrogen-bond donors (Lipinski definition) is 0. The van der Waals surface area contributed by atoms with Gasteiger partial charge in [0, 0.05) is 37.6 Å². The summed E-state index contributed by atoms with van der Waals surface area (Å²) in [5, 5.41) is 0.980. The molecule has 0 bridgehead atoms. The van der Waals surface area contributed by atoms with E-state index in [-0.39, 0.29) is 17.4 Å². The summed E-state index contributed by atoms with van der Waals surface area (Å²) >= 11 is 0. The van der Waals surface area contributed by atoms with Crippen LogP contribution in [0.4, 0.5) is 0 Å². The van der Waals surface area contributed by atoms with Gasteiger partial charge in [0.1, 0.15) is 0 Å². The highest BCUT2D eigenvalue weighted by Gasteiger charge is 2.45. The molecule has 0 aliphatic carbocycles. The second-order valence-corrected chi connectivity index (χ2v) is 7.46. The lowest BCUT2D eigenvalue weighted by Crippen LogP contribution is -2.63. The summed E-state index contributed by atoms with van der Waals surface area (Å²) in [7, 11) is 0. The van der Waals surface area contributed by atoms with E-state index in [0.29, 0.717) is 18.5 Å². The molecule has 3 heterocycles. The van der Waals surface area contributed by atoms with Gasteiger partial charge in [-0.15, -0.1) is 0 Å². The average Bonchev–Trinajstić information content (AvgIpc) is 2.67. The van der Waals surface area contributed by atoms with E-state index in [1.54, 1.807) is 6.20 Å². The van der Waals surface area contributed by atoms with Gasteiger partial charge in [0.15, 0.2) is 0 Å². The van der Waals surface area contributed by atoms with Crippen molar-refractivity contribution in [2.45, 2.75) is 44.6 Å². The minimum Gasteiger partial charge on any atom is -0.336 e. The van der Waals surface area contributed by atoms with E-state index < -0.39 is 0 Å². The number of rotatable bonds is 2. The zero-order valence-electron chi connectivity index (χ0n) is 15.3. The maximum absolute atomic E-state index is 13.1. The van der Waals surface area contributed by atoms with Crippen molar-refractivity contribution in [3.8, 4) is 0 Å². The number of likely N-dealkylation sites (N-methyl/N-ethyl adjacent to an activating group) is 1. The molecule has 2 saturated heterocycles. The summed E-state index contributed by atoms with van der Waals surface area (Å²) in [6.07, 6.45) is 6.16. The molecule has 2 aliphatic rings. The maximum atomic E-state index is 13.1. The molecule has 0 saturated carbocycles. The number of amides is 2. The lowest BCUT2D eigenvalue weighted by atomic mass is 9.79. The topological polar surface area (TPSA) is 53.5 Å². The van der Waals surface area contributed by atoms with E-state index in [1.807, 2.05) is 47.1 Å². The Bertz CT molecular complexity index is 846. The number of fused-ring (bicyclic) bond motifs is 1. The second kappa shape index (κ2) is 6.71. The van der Waals surface area contributed by atoms with Crippen molar-refractivity contribution in [1.29, 1.82) is 0 Å². The number of nitrogens with zero attached hydrogens (tertiary/aromatic N) is 3. The lowest BCUT2D eigenvalue weighted by Gasteiger charge is -2.51.